The van der Waals surface area contributed by atoms with E-state index in [1.807, 2.05) is 18.2 Å². The minimum absolute atomic E-state index is 0.0130. The summed E-state index contributed by atoms with van der Waals surface area (Å²) >= 11 is 0. The molecule has 0 fully saturated rings. The number of nitrogens with zero attached hydrogens (tertiary/aromatic N) is 2. The normalized spacial score (nSPS) is 12.6. The summed E-state index contributed by atoms with van der Waals surface area (Å²) < 4.78 is 8.61. The van der Waals surface area contributed by atoms with Gasteiger partial charge in [-0.15, -0.1) is 0 Å². The Hall–Kier alpha value is -1.85. The van der Waals surface area contributed by atoms with E-state index in [0.717, 1.165) is 11.5 Å². The zero-order valence-electron chi connectivity index (χ0n) is 17.8. The van der Waals surface area contributed by atoms with Crippen LogP contribution in [0.3, 0.4) is 0 Å². The highest BCUT2D eigenvalue weighted by molar-refractivity contribution is 6.74. The molecule has 0 aliphatic heterocycles. The molecule has 4 nitrogen and oxygen atoms in total. The SMILES string of the molecule is C=C(O)c1nc(CO[Si](C)(C)C(C)(C)C)n(Cc2ccccc2)c1C(C)C. The van der Waals surface area contributed by atoms with E-state index < -0.39 is 8.32 Å². The first-order valence-electron chi connectivity index (χ1n) is 9.59. The van der Waals surface area contributed by atoms with E-state index in [-0.39, 0.29) is 16.7 Å². The van der Waals surface area contributed by atoms with Crippen molar-refractivity contribution in [1.29, 1.82) is 0 Å². The molecule has 2 aromatic rings. The Morgan fingerprint density at radius 3 is 2.30 bits per heavy atom. The van der Waals surface area contributed by atoms with Gasteiger partial charge in [0.15, 0.2) is 8.32 Å². The quantitative estimate of drug-likeness (QED) is 0.461. The van der Waals surface area contributed by atoms with Gasteiger partial charge in [-0.05, 0) is 29.6 Å². The summed E-state index contributed by atoms with van der Waals surface area (Å²) in [5.74, 6) is 1.07. The Morgan fingerprint density at radius 1 is 1.22 bits per heavy atom. The van der Waals surface area contributed by atoms with Crippen LogP contribution in [-0.2, 0) is 17.6 Å². The molecule has 27 heavy (non-hydrogen) atoms. The third kappa shape index (κ3) is 4.90. The number of aliphatic hydroxyl groups is 1. The van der Waals surface area contributed by atoms with Crippen LogP contribution in [0.2, 0.25) is 18.1 Å². The highest BCUT2D eigenvalue weighted by atomic mass is 28.4. The molecule has 1 heterocycles. The van der Waals surface area contributed by atoms with E-state index in [0.29, 0.717) is 18.8 Å². The topological polar surface area (TPSA) is 47.3 Å². The maximum absolute atomic E-state index is 10.1. The molecule has 0 spiro atoms. The van der Waals surface area contributed by atoms with Crippen molar-refractivity contribution in [2.75, 3.05) is 0 Å². The van der Waals surface area contributed by atoms with Gasteiger partial charge in [0.25, 0.3) is 0 Å². The third-order valence-electron chi connectivity index (χ3n) is 5.46. The Kier molecular flexibility index (Phi) is 6.38. The van der Waals surface area contributed by atoms with Crippen molar-refractivity contribution in [2.24, 2.45) is 0 Å². The fourth-order valence-electron chi connectivity index (χ4n) is 2.83. The van der Waals surface area contributed by atoms with E-state index in [9.17, 15) is 5.11 Å². The fraction of sp³-hybridized carbons (Fsp3) is 0.500. The predicted octanol–water partition coefficient (Wildman–Crippen LogP) is 6.11. The van der Waals surface area contributed by atoms with Crippen molar-refractivity contribution in [2.45, 2.75) is 71.8 Å². The lowest BCUT2D eigenvalue weighted by molar-refractivity contribution is 0.262. The summed E-state index contributed by atoms with van der Waals surface area (Å²) in [4.78, 5) is 4.72. The van der Waals surface area contributed by atoms with Gasteiger partial charge in [0, 0.05) is 6.54 Å². The van der Waals surface area contributed by atoms with Crippen molar-refractivity contribution >= 4 is 14.1 Å². The molecular formula is C22H34N2O2Si. The average molecular weight is 387 g/mol. The van der Waals surface area contributed by atoms with Gasteiger partial charge >= 0.3 is 0 Å². The fourth-order valence-corrected chi connectivity index (χ4v) is 3.75. The minimum atomic E-state index is -1.90. The zero-order chi connectivity index (χ0) is 20.4. The van der Waals surface area contributed by atoms with Crippen LogP contribution in [-0.4, -0.2) is 23.0 Å². The van der Waals surface area contributed by atoms with Crippen molar-refractivity contribution < 1.29 is 9.53 Å². The number of hydrogen-bond donors (Lipinski definition) is 1. The molecule has 0 saturated heterocycles. The highest BCUT2D eigenvalue weighted by Crippen LogP contribution is 2.37. The van der Waals surface area contributed by atoms with E-state index in [1.165, 1.54) is 5.56 Å². The van der Waals surface area contributed by atoms with E-state index in [1.54, 1.807) is 0 Å². The van der Waals surface area contributed by atoms with Gasteiger partial charge in [-0.2, -0.15) is 0 Å². The predicted molar refractivity (Wildman–Crippen MR) is 116 cm³/mol. The molecule has 1 aromatic carbocycles. The molecule has 5 heteroatoms. The maximum Gasteiger partial charge on any atom is 0.192 e. The molecule has 2 rings (SSSR count). The Bertz CT molecular complexity index is 787. The summed E-state index contributed by atoms with van der Waals surface area (Å²) in [6, 6.07) is 10.3. The van der Waals surface area contributed by atoms with E-state index in [2.05, 4.69) is 71.0 Å². The van der Waals surface area contributed by atoms with E-state index in [4.69, 9.17) is 9.41 Å². The lowest BCUT2D eigenvalue weighted by atomic mass is 10.1. The minimum Gasteiger partial charge on any atom is -0.506 e. The molecule has 1 N–H and O–H groups in total. The molecule has 0 atom stereocenters. The summed E-state index contributed by atoms with van der Waals surface area (Å²) in [5, 5.41) is 10.2. The Balaban J connectivity index is 2.46. The van der Waals surface area contributed by atoms with Crippen molar-refractivity contribution in [3.05, 3.63) is 59.7 Å². The van der Waals surface area contributed by atoms with Gasteiger partial charge in [-0.3, -0.25) is 0 Å². The largest absolute Gasteiger partial charge is 0.506 e. The number of rotatable bonds is 7. The van der Waals surface area contributed by atoms with Crippen molar-refractivity contribution in [1.82, 2.24) is 9.55 Å². The molecule has 148 valence electrons. The van der Waals surface area contributed by atoms with Gasteiger partial charge < -0.3 is 14.1 Å². The molecule has 0 aliphatic rings. The van der Waals surface area contributed by atoms with Crippen LogP contribution in [0, 0.1) is 0 Å². The Morgan fingerprint density at radius 2 is 1.81 bits per heavy atom. The van der Waals surface area contributed by atoms with Gasteiger partial charge in [-0.1, -0.05) is 71.5 Å². The third-order valence-corrected chi connectivity index (χ3v) is 9.94. The monoisotopic (exact) mass is 386 g/mol. The summed E-state index contributed by atoms with van der Waals surface area (Å²) in [5.41, 5.74) is 2.77. The molecule has 1 aromatic heterocycles. The first-order chi connectivity index (χ1) is 12.4. The first kappa shape index (κ1) is 21.4. The van der Waals surface area contributed by atoms with Crippen molar-refractivity contribution in [3.63, 3.8) is 0 Å². The number of hydrogen-bond acceptors (Lipinski definition) is 3. The Labute approximate surface area is 165 Å². The number of imidazole rings is 1. The number of benzene rings is 1. The van der Waals surface area contributed by atoms with E-state index >= 15 is 0 Å². The van der Waals surface area contributed by atoms with Crippen molar-refractivity contribution in [3.8, 4) is 0 Å². The molecular weight excluding hydrogens is 352 g/mol. The molecule has 0 bridgehead atoms. The van der Waals surface area contributed by atoms with Crippen LogP contribution in [0.4, 0.5) is 0 Å². The second-order valence-electron chi connectivity index (χ2n) is 8.98. The van der Waals surface area contributed by atoms with Crippen LogP contribution >= 0.6 is 0 Å². The first-order valence-corrected chi connectivity index (χ1v) is 12.5. The number of aliphatic hydroxyl groups excluding tert-OH is 1. The maximum atomic E-state index is 10.1. The molecule has 0 aliphatic carbocycles. The average Bonchev–Trinajstić information content (AvgIpc) is 2.92. The van der Waals surface area contributed by atoms with Crippen LogP contribution in [0.5, 0.6) is 0 Å². The summed E-state index contributed by atoms with van der Waals surface area (Å²) in [6.07, 6.45) is 0. The lowest BCUT2D eigenvalue weighted by Crippen LogP contribution is -2.40. The van der Waals surface area contributed by atoms with Gasteiger partial charge in [-0.25, -0.2) is 4.98 Å². The standard InChI is InChI=1S/C22H34N2O2Si/c1-16(2)21-20(17(3)25)23-19(15-26-27(7,8)22(4,5)6)24(21)14-18-12-10-9-11-13-18/h9-13,16,25H,3,14-15H2,1-2,4-8H3. The van der Waals surface area contributed by atoms with Crippen LogP contribution < -0.4 is 0 Å². The molecule has 0 saturated carbocycles. The summed E-state index contributed by atoms with van der Waals surface area (Å²) in [6.45, 7) is 20.3. The van der Waals surface area contributed by atoms with Gasteiger partial charge in [0.2, 0.25) is 0 Å². The molecule has 0 unspecified atom stereocenters. The second-order valence-corrected chi connectivity index (χ2v) is 13.8. The van der Waals surface area contributed by atoms with Gasteiger partial charge in [0.1, 0.15) is 17.3 Å². The highest BCUT2D eigenvalue weighted by Gasteiger charge is 2.37. The lowest BCUT2D eigenvalue weighted by Gasteiger charge is -2.36. The molecule has 0 radical (unpaired) electrons. The van der Waals surface area contributed by atoms with Gasteiger partial charge in [0.05, 0.1) is 12.3 Å². The van der Waals surface area contributed by atoms with Crippen LogP contribution in [0.15, 0.2) is 36.9 Å². The van der Waals surface area contributed by atoms with Crippen LogP contribution in [0.1, 0.15) is 63.3 Å². The summed E-state index contributed by atoms with van der Waals surface area (Å²) in [7, 11) is -1.90. The zero-order valence-corrected chi connectivity index (χ0v) is 18.8. The molecule has 0 amide bonds. The number of aromatic nitrogens is 2. The smallest absolute Gasteiger partial charge is 0.192 e. The second kappa shape index (κ2) is 8.03. The van der Waals surface area contributed by atoms with Crippen LogP contribution in [0.25, 0.3) is 5.76 Å².